The Kier molecular flexibility index (Phi) is 2.29. The minimum Gasteiger partial charge on any atom is -0.289 e. The summed E-state index contributed by atoms with van der Waals surface area (Å²) >= 11 is 0. The maximum atomic E-state index is 2.85. The molecular formula is C14H27N. The van der Waals surface area contributed by atoms with E-state index >= 15 is 0 Å². The first kappa shape index (κ1) is 11.4. The molecule has 88 valence electrons. The molecule has 0 amide bonds. The molecule has 0 radical (unpaired) electrons. The van der Waals surface area contributed by atoms with E-state index in [2.05, 4.69) is 46.4 Å². The Morgan fingerprint density at radius 3 is 1.80 bits per heavy atom. The molecule has 0 aromatic carbocycles. The third kappa shape index (κ3) is 1.84. The minimum absolute atomic E-state index is 0.338. The van der Waals surface area contributed by atoms with Gasteiger partial charge in [-0.1, -0.05) is 20.8 Å². The SMILES string of the molecule is CC(C)(C)[C@@H]1CCC2(CC2)N1C(C)(C)C. The highest BCUT2D eigenvalue weighted by Gasteiger charge is 2.59. The van der Waals surface area contributed by atoms with E-state index in [1.807, 2.05) is 0 Å². The van der Waals surface area contributed by atoms with E-state index in [1.54, 1.807) is 0 Å². The van der Waals surface area contributed by atoms with Crippen molar-refractivity contribution in [2.75, 3.05) is 0 Å². The maximum absolute atomic E-state index is 2.85. The van der Waals surface area contributed by atoms with Crippen molar-refractivity contribution in [1.29, 1.82) is 0 Å². The van der Waals surface area contributed by atoms with Crippen LogP contribution in [-0.2, 0) is 0 Å². The normalized spacial score (nSPS) is 31.2. The average Bonchev–Trinajstić information content (AvgIpc) is 2.56. The molecule has 1 aliphatic heterocycles. The third-order valence-corrected chi connectivity index (χ3v) is 4.26. The Hall–Kier alpha value is -0.0400. The van der Waals surface area contributed by atoms with E-state index < -0.39 is 0 Å². The summed E-state index contributed by atoms with van der Waals surface area (Å²) in [5, 5.41) is 0. The van der Waals surface area contributed by atoms with Crippen molar-refractivity contribution in [2.45, 2.75) is 84.3 Å². The first-order valence-electron chi connectivity index (χ1n) is 6.46. The third-order valence-electron chi connectivity index (χ3n) is 4.26. The van der Waals surface area contributed by atoms with Gasteiger partial charge in [-0.3, -0.25) is 4.90 Å². The molecule has 0 aromatic rings. The van der Waals surface area contributed by atoms with Crippen LogP contribution in [0, 0.1) is 5.41 Å². The summed E-state index contributed by atoms with van der Waals surface area (Å²) < 4.78 is 0. The van der Waals surface area contributed by atoms with Crippen LogP contribution in [0.3, 0.4) is 0 Å². The molecule has 2 rings (SSSR count). The quantitative estimate of drug-likeness (QED) is 0.586. The van der Waals surface area contributed by atoms with Crippen LogP contribution in [0.25, 0.3) is 0 Å². The van der Waals surface area contributed by atoms with Crippen molar-refractivity contribution in [2.24, 2.45) is 5.41 Å². The molecule has 1 atom stereocenters. The summed E-state index contributed by atoms with van der Waals surface area (Å²) in [4.78, 5) is 2.85. The largest absolute Gasteiger partial charge is 0.289 e. The highest BCUT2D eigenvalue weighted by Crippen LogP contribution is 2.57. The summed E-state index contributed by atoms with van der Waals surface area (Å²) in [6, 6.07) is 0.778. The van der Waals surface area contributed by atoms with Gasteiger partial charge in [0.25, 0.3) is 0 Å². The lowest BCUT2D eigenvalue weighted by Crippen LogP contribution is -2.54. The average molecular weight is 209 g/mol. The maximum Gasteiger partial charge on any atom is 0.0219 e. The Labute approximate surface area is 95.2 Å². The predicted octanol–water partition coefficient (Wildman–Crippen LogP) is 3.83. The van der Waals surface area contributed by atoms with Crippen LogP contribution in [0.2, 0.25) is 0 Å². The van der Waals surface area contributed by atoms with Gasteiger partial charge in [-0.25, -0.2) is 0 Å². The second-order valence-corrected chi connectivity index (χ2v) is 7.69. The van der Waals surface area contributed by atoms with E-state index in [-0.39, 0.29) is 0 Å². The summed E-state index contributed by atoms with van der Waals surface area (Å²) in [5.74, 6) is 0. The lowest BCUT2D eigenvalue weighted by atomic mass is 9.83. The number of nitrogens with zero attached hydrogens (tertiary/aromatic N) is 1. The van der Waals surface area contributed by atoms with Crippen molar-refractivity contribution in [3.8, 4) is 0 Å². The van der Waals surface area contributed by atoms with Gasteiger partial charge in [0.05, 0.1) is 0 Å². The van der Waals surface area contributed by atoms with Crippen LogP contribution in [0.1, 0.15) is 67.2 Å². The smallest absolute Gasteiger partial charge is 0.0219 e. The molecule has 15 heavy (non-hydrogen) atoms. The lowest BCUT2D eigenvalue weighted by molar-refractivity contribution is 0.0157. The highest BCUT2D eigenvalue weighted by atomic mass is 15.3. The molecule has 1 saturated heterocycles. The van der Waals surface area contributed by atoms with Crippen LogP contribution in [0.5, 0.6) is 0 Å². The van der Waals surface area contributed by atoms with Gasteiger partial charge < -0.3 is 0 Å². The fraction of sp³-hybridized carbons (Fsp3) is 1.00. The number of hydrogen-bond acceptors (Lipinski definition) is 1. The highest BCUT2D eigenvalue weighted by molar-refractivity contribution is 5.15. The first-order chi connectivity index (χ1) is 6.67. The van der Waals surface area contributed by atoms with E-state index in [9.17, 15) is 0 Å². The second-order valence-electron chi connectivity index (χ2n) is 7.69. The molecule has 1 saturated carbocycles. The van der Waals surface area contributed by atoms with E-state index in [0.717, 1.165) is 6.04 Å². The Morgan fingerprint density at radius 2 is 1.47 bits per heavy atom. The van der Waals surface area contributed by atoms with Gasteiger partial charge >= 0.3 is 0 Å². The first-order valence-corrected chi connectivity index (χ1v) is 6.46. The zero-order valence-electron chi connectivity index (χ0n) is 11.4. The van der Waals surface area contributed by atoms with Crippen molar-refractivity contribution in [1.82, 2.24) is 4.90 Å². The van der Waals surface area contributed by atoms with Crippen molar-refractivity contribution in [3.05, 3.63) is 0 Å². The van der Waals surface area contributed by atoms with Gasteiger partial charge in [-0.05, 0) is 51.9 Å². The molecule has 0 bridgehead atoms. The van der Waals surface area contributed by atoms with Gasteiger partial charge in [-0.2, -0.15) is 0 Å². The fourth-order valence-corrected chi connectivity index (χ4v) is 3.62. The molecule has 2 fully saturated rings. The predicted molar refractivity (Wildman–Crippen MR) is 66.0 cm³/mol. The van der Waals surface area contributed by atoms with Crippen LogP contribution < -0.4 is 0 Å². The molecule has 0 aromatic heterocycles. The number of rotatable bonds is 0. The van der Waals surface area contributed by atoms with Gasteiger partial charge in [0, 0.05) is 17.1 Å². The van der Waals surface area contributed by atoms with Gasteiger partial charge in [0.1, 0.15) is 0 Å². The Bertz CT molecular complexity index is 249. The summed E-state index contributed by atoms with van der Waals surface area (Å²) in [6.45, 7) is 14.4. The molecule has 1 heterocycles. The number of likely N-dealkylation sites (tertiary alicyclic amines) is 1. The van der Waals surface area contributed by atoms with Crippen LogP contribution in [-0.4, -0.2) is 22.0 Å². The minimum atomic E-state index is 0.338. The molecule has 0 unspecified atom stereocenters. The fourth-order valence-electron chi connectivity index (χ4n) is 3.62. The monoisotopic (exact) mass is 209 g/mol. The standard InChI is InChI=1S/C14H27N/c1-12(2,3)11-7-8-14(9-10-14)15(11)13(4,5)6/h11H,7-10H2,1-6H3/t11-/m0/s1. The van der Waals surface area contributed by atoms with E-state index in [4.69, 9.17) is 0 Å². The Morgan fingerprint density at radius 1 is 0.933 bits per heavy atom. The van der Waals surface area contributed by atoms with Gasteiger partial charge in [0.15, 0.2) is 0 Å². The summed E-state index contributed by atoms with van der Waals surface area (Å²) in [5.41, 5.74) is 1.38. The second kappa shape index (κ2) is 3.00. The van der Waals surface area contributed by atoms with Gasteiger partial charge in [-0.15, -0.1) is 0 Å². The van der Waals surface area contributed by atoms with Crippen molar-refractivity contribution in [3.63, 3.8) is 0 Å². The zero-order chi connectivity index (χ0) is 11.5. The molecule has 1 aliphatic carbocycles. The molecule has 0 N–H and O–H groups in total. The summed E-state index contributed by atoms with van der Waals surface area (Å²) in [6.07, 6.45) is 5.72. The molecule has 2 aliphatic rings. The van der Waals surface area contributed by atoms with Crippen LogP contribution in [0.15, 0.2) is 0 Å². The molecule has 1 spiro atoms. The topological polar surface area (TPSA) is 3.24 Å². The molecular weight excluding hydrogens is 182 g/mol. The van der Waals surface area contributed by atoms with Crippen LogP contribution in [0.4, 0.5) is 0 Å². The van der Waals surface area contributed by atoms with E-state index in [1.165, 1.54) is 25.7 Å². The van der Waals surface area contributed by atoms with E-state index in [0.29, 0.717) is 16.5 Å². The van der Waals surface area contributed by atoms with Crippen LogP contribution >= 0.6 is 0 Å². The molecule has 1 heteroatoms. The Balaban J connectivity index is 2.27. The lowest BCUT2D eigenvalue weighted by Gasteiger charge is -2.46. The molecule has 1 nitrogen and oxygen atoms in total. The summed E-state index contributed by atoms with van der Waals surface area (Å²) in [7, 11) is 0. The van der Waals surface area contributed by atoms with Crippen molar-refractivity contribution >= 4 is 0 Å². The zero-order valence-corrected chi connectivity index (χ0v) is 11.4. The van der Waals surface area contributed by atoms with Gasteiger partial charge in [0.2, 0.25) is 0 Å². The number of hydrogen-bond donors (Lipinski definition) is 0. The van der Waals surface area contributed by atoms with Crippen molar-refractivity contribution < 1.29 is 0 Å².